The largest absolute Gasteiger partial charge is 0.372 e. The SMILES string of the molecule is C/C(N=NC(=S)N1CC(C)OC(C)C1)=C1\C=CC=CN1O. The molecule has 0 amide bonds. The predicted octanol–water partition coefficient (Wildman–Crippen LogP) is 2.84. The molecule has 7 heteroatoms. The van der Waals surface area contributed by atoms with Crippen molar-refractivity contribution in [2.24, 2.45) is 10.2 Å². The summed E-state index contributed by atoms with van der Waals surface area (Å²) in [4.78, 5) is 1.99. The second-order valence-corrected chi connectivity index (χ2v) is 5.53. The van der Waals surface area contributed by atoms with Crippen molar-refractivity contribution in [1.82, 2.24) is 9.96 Å². The molecule has 21 heavy (non-hydrogen) atoms. The van der Waals surface area contributed by atoms with Crippen LogP contribution >= 0.6 is 12.2 Å². The van der Waals surface area contributed by atoms with Gasteiger partial charge in [0.2, 0.25) is 5.11 Å². The maximum Gasteiger partial charge on any atom is 0.216 e. The van der Waals surface area contributed by atoms with E-state index >= 15 is 0 Å². The van der Waals surface area contributed by atoms with Gasteiger partial charge in [0.1, 0.15) is 0 Å². The first kappa shape index (κ1) is 15.8. The van der Waals surface area contributed by atoms with Crippen LogP contribution in [0.2, 0.25) is 0 Å². The molecule has 2 rings (SSSR count). The molecule has 0 bridgehead atoms. The summed E-state index contributed by atoms with van der Waals surface area (Å²) in [6.07, 6.45) is 7.11. The zero-order valence-corrected chi connectivity index (χ0v) is 13.2. The van der Waals surface area contributed by atoms with Gasteiger partial charge in [-0.15, -0.1) is 5.11 Å². The van der Waals surface area contributed by atoms with Gasteiger partial charge in [0, 0.05) is 19.3 Å². The lowest BCUT2D eigenvalue weighted by molar-refractivity contribution is -0.0477. The molecular formula is C14H20N4O2S. The number of hydrogen-bond acceptors (Lipinski definition) is 5. The van der Waals surface area contributed by atoms with Crippen LogP contribution in [0.3, 0.4) is 0 Å². The number of rotatable bonds is 1. The normalized spacial score (nSPS) is 28.4. The van der Waals surface area contributed by atoms with Gasteiger partial charge in [-0.1, -0.05) is 6.08 Å². The van der Waals surface area contributed by atoms with Gasteiger partial charge in [0.05, 0.1) is 23.6 Å². The second kappa shape index (κ2) is 6.93. The number of hydrogen-bond donors (Lipinski definition) is 1. The topological polar surface area (TPSA) is 60.7 Å². The molecule has 1 saturated heterocycles. The van der Waals surface area contributed by atoms with Gasteiger partial charge in [0.15, 0.2) is 0 Å². The summed E-state index contributed by atoms with van der Waals surface area (Å²) < 4.78 is 5.66. The van der Waals surface area contributed by atoms with Crippen LogP contribution in [0.4, 0.5) is 0 Å². The Morgan fingerprint density at radius 2 is 1.95 bits per heavy atom. The minimum absolute atomic E-state index is 0.126. The van der Waals surface area contributed by atoms with Gasteiger partial charge in [-0.3, -0.25) is 5.21 Å². The Bertz CT molecular complexity index is 517. The second-order valence-electron chi connectivity index (χ2n) is 5.16. The maximum atomic E-state index is 9.70. The van der Waals surface area contributed by atoms with Crippen LogP contribution in [0.15, 0.2) is 46.1 Å². The van der Waals surface area contributed by atoms with Crippen molar-refractivity contribution < 1.29 is 9.94 Å². The van der Waals surface area contributed by atoms with E-state index in [-0.39, 0.29) is 12.2 Å². The first-order valence-corrected chi connectivity index (χ1v) is 7.28. The summed E-state index contributed by atoms with van der Waals surface area (Å²) in [6.45, 7) is 7.23. The fraction of sp³-hybridized carbons (Fsp3) is 0.500. The van der Waals surface area contributed by atoms with Gasteiger partial charge in [-0.05, 0) is 45.1 Å². The van der Waals surface area contributed by atoms with Crippen molar-refractivity contribution in [2.45, 2.75) is 33.0 Å². The van der Waals surface area contributed by atoms with E-state index < -0.39 is 0 Å². The number of thiocarbonyl (C=S) groups is 1. The first-order chi connectivity index (χ1) is 9.97. The molecule has 0 spiro atoms. The number of hydroxylamine groups is 2. The molecular weight excluding hydrogens is 288 g/mol. The highest BCUT2D eigenvalue weighted by molar-refractivity contribution is 7.80. The highest BCUT2D eigenvalue weighted by Gasteiger charge is 2.23. The minimum Gasteiger partial charge on any atom is -0.372 e. The molecule has 6 nitrogen and oxygen atoms in total. The number of azo groups is 1. The quantitative estimate of drug-likeness (QED) is 0.596. The highest BCUT2D eigenvalue weighted by Crippen LogP contribution is 2.17. The molecule has 2 atom stereocenters. The van der Waals surface area contributed by atoms with Gasteiger partial charge < -0.3 is 9.64 Å². The van der Waals surface area contributed by atoms with Crippen LogP contribution in [0.25, 0.3) is 0 Å². The molecule has 2 heterocycles. The van der Waals surface area contributed by atoms with Crippen LogP contribution in [0.1, 0.15) is 20.8 Å². The zero-order valence-electron chi connectivity index (χ0n) is 12.4. The van der Waals surface area contributed by atoms with Crippen LogP contribution in [0, 0.1) is 0 Å². The Balaban J connectivity index is 2.03. The van der Waals surface area contributed by atoms with E-state index in [0.717, 1.165) is 5.06 Å². The lowest BCUT2D eigenvalue weighted by atomic mass is 10.2. The highest BCUT2D eigenvalue weighted by atomic mass is 32.1. The van der Waals surface area contributed by atoms with Crippen molar-refractivity contribution in [3.63, 3.8) is 0 Å². The van der Waals surface area contributed by atoms with Crippen LogP contribution in [0.5, 0.6) is 0 Å². The van der Waals surface area contributed by atoms with E-state index in [0.29, 0.717) is 29.6 Å². The fourth-order valence-electron chi connectivity index (χ4n) is 2.29. The minimum atomic E-state index is 0.126. The van der Waals surface area contributed by atoms with Crippen molar-refractivity contribution in [3.8, 4) is 0 Å². The summed E-state index contributed by atoms with van der Waals surface area (Å²) in [6, 6.07) is 0. The van der Waals surface area contributed by atoms with Crippen molar-refractivity contribution in [2.75, 3.05) is 13.1 Å². The maximum absolute atomic E-state index is 9.70. The molecule has 0 radical (unpaired) electrons. The molecule has 0 aromatic carbocycles. The van der Waals surface area contributed by atoms with Gasteiger partial charge in [0.25, 0.3) is 0 Å². The van der Waals surface area contributed by atoms with Crippen molar-refractivity contribution in [3.05, 3.63) is 35.8 Å². The molecule has 0 aliphatic carbocycles. The van der Waals surface area contributed by atoms with E-state index in [4.69, 9.17) is 17.0 Å². The molecule has 2 aliphatic rings. The Morgan fingerprint density at radius 3 is 2.57 bits per heavy atom. The third kappa shape index (κ3) is 4.20. The van der Waals surface area contributed by atoms with E-state index in [2.05, 4.69) is 10.2 Å². The molecule has 2 aliphatic heterocycles. The van der Waals surface area contributed by atoms with E-state index in [9.17, 15) is 5.21 Å². The summed E-state index contributed by atoms with van der Waals surface area (Å²) in [7, 11) is 0. The fourth-order valence-corrected chi connectivity index (χ4v) is 2.48. The Labute approximate surface area is 130 Å². The molecule has 2 unspecified atom stereocenters. The zero-order chi connectivity index (χ0) is 15.4. The van der Waals surface area contributed by atoms with Crippen molar-refractivity contribution >= 4 is 17.3 Å². The Morgan fingerprint density at radius 1 is 1.29 bits per heavy atom. The van der Waals surface area contributed by atoms with E-state index in [1.165, 1.54) is 6.20 Å². The smallest absolute Gasteiger partial charge is 0.216 e. The molecule has 0 aromatic heterocycles. The molecule has 1 N–H and O–H groups in total. The first-order valence-electron chi connectivity index (χ1n) is 6.87. The van der Waals surface area contributed by atoms with Gasteiger partial charge in [-0.2, -0.15) is 5.11 Å². The van der Waals surface area contributed by atoms with Crippen LogP contribution < -0.4 is 0 Å². The van der Waals surface area contributed by atoms with Crippen LogP contribution in [-0.4, -0.2) is 45.6 Å². The van der Waals surface area contributed by atoms with Crippen molar-refractivity contribution in [1.29, 1.82) is 0 Å². The summed E-state index contributed by atoms with van der Waals surface area (Å²) in [5, 5.41) is 19.4. The van der Waals surface area contributed by atoms with Gasteiger partial charge in [-0.25, -0.2) is 5.06 Å². The average Bonchev–Trinajstić information content (AvgIpc) is 2.43. The number of morpholine rings is 1. The van der Waals surface area contributed by atoms with Gasteiger partial charge >= 0.3 is 0 Å². The summed E-state index contributed by atoms with van der Waals surface area (Å²) in [5.41, 5.74) is 1.17. The Hall–Kier alpha value is -1.57. The predicted molar refractivity (Wildman–Crippen MR) is 83.6 cm³/mol. The number of allylic oxidation sites excluding steroid dienone is 4. The lowest BCUT2D eigenvalue weighted by Crippen LogP contribution is -2.47. The molecule has 1 fully saturated rings. The standard InChI is InChI=1S/C14H20N4O2S/c1-10-8-17(9-11(2)20-10)14(21)16-15-12(3)13-6-4-5-7-18(13)19/h4-7,10-11,19H,8-9H2,1-3H3/b13-12-,16-15?. The van der Waals surface area contributed by atoms with E-state index in [1.54, 1.807) is 19.1 Å². The number of nitrogens with zero attached hydrogens (tertiary/aromatic N) is 4. The monoisotopic (exact) mass is 308 g/mol. The van der Waals surface area contributed by atoms with E-state index in [1.807, 2.05) is 24.8 Å². The Kier molecular flexibility index (Phi) is 5.22. The molecule has 0 saturated carbocycles. The summed E-state index contributed by atoms with van der Waals surface area (Å²) in [5.74, 6) is 0. The van der Waals surface area contributed by atoms with Crippen LogP contribution in [-0.2, 0) is 4.74 Å². The number of ether oxygens (including phenoxy) is 1. The summed E-state index contributed by atoms with van der Waals surface area (Å²) >= 11 is 5.31. The third-order valence-corrected chi connectivity index (χ3v) is 3.53. The molecule has 0 aromatic rings. The average molecular weight is 308 g/mol. The third-order valence-electron chi connectivity index (χ3n) is 3.19. The lowest BCUT2D eigenvalue weighted by Gasteiger charge is -2.35. The molecule has 114 valence electrons.